The van der Waals surface area contributed by atoms with Gasteiger partial charge in [0.25, 0.3) is 5.91 Å². The maximum Gasteiger partial charge on any atom is 0.251 e. The Labute approximate surface area is 125 Å². The molecular formula is C15H14N4O3. The van der Waals surface area contributed by atoms with Gasteiger partial charge in [-0.2, -0.15) is 0 Å². The molecule has 0 aliphatic carbocycles. The fourth-order valence-corrected chi connectivity index (χ4v) is 2.00. The van der Waals surface area contributed by atoms with Gasteiger partial charge < -0.3 is 20.0 Å². The number of nitrogens with one attached hydrogen (secondary N) is 3. The van der Waals surface area contributed by atoms with Gasteiger partial charge in [0.2, 0.25) is 5.91 Å². The number of nitrogens with zero attached hydrogens (tertiary/aromatic N) is 1. The smallest absolute Gasteiger partial charge is 0.251 e. The first kappa shape index (κ1) is 13.9. The molecule has 0 aliphatic rings. The first-order valence-corrected chi connectivity index (χ1v) is 6.73. The number of carbonyl (C=O) groups is 2. The minimum Gasteiger partial charge on any atom is -0.467 e. The van der Waals surface area contributed by atoms with E-state index in [4.69, 9.17) is 4.42 Å². The highest BCUT2D eigenvalue weighted by molar-refractivity contribution is 5.98. The van der Waals surface area contributed by atoms with Crippen LogP contribution in [0.25, 0.3) is 11.0 Å². The number of amides is 2. The molecule has 2 aromatic heterocycles. The van der Waals surface area contributed by atoms with Gasteiger partial charge in [-0.05, 0) is 30.3 Å². The molecule has 0 fully saturated rings. The second-order valence-corrected chi connectivity index (χ2v) is 4.67. The predicted octanol–water partition coefficient (Wildman–Crippen LogP) is 1.20. The molecule has 7 nitrogen and oxygen atoms in total. The number of hydrogen-bond donors (Lipinski definition) is 3. The van der Waals surface area contributed by atoms with Gasteiger partial charge in [0.15, 0.2) is 0 Å². The van der Waals surface area contributed by atoms with Crippen molar-refractivity contribution in [2.45, 2.75) is 6.54 Å². The van der Waals surface area contributed by atoms with Gasteiger partial charge in [-0.3, -0.25) is 9.59 Å². The third kappa shape index (κ3) is 3.14. The summed E-state index contributed by atoms with van der Waals surface area (Å²) < 4.78 is 5.10. The monoisotopic (exact) mass is 298 g/mol. The molecule has 2 heterocycles. The van der Waals surface area contributed by atoms with Crippen LogP contribution in [-0.4, -0.2) is 28.3 Å². The highest BCUT2D eigenvalue weighted by atomic mass is 16.3. The van der Waals surface area contributed by atoms with Gasteiger partial charge in [-0.1, -0.05) is 0 Å². The van der Waals surface area contributed by atoms with Crippen LogP contribution in [0, 0.1) is 0 Å². The van der Waals surface area contributed by atoms with Crippen LogP contribution >= 0.6 is 0 Å². The molecule has 7 heteroatoms. The molecule has 0 spiro atoms. The summed E-state index contributed by atoms with van der Waals surface area (Å²) >= 11 is 0. The third-order valence-electron chi connectivity index (χ3n) is 3.13. The van der Waals surface area contributed by atoms with Crippen LogP contribution in [-0.2, 0) is 11.3 Å². The van der Waals surface area contributed by atoms with Crippen LogP contribution in [0.1, 0.15) is 16.1 Å². The maximum atomic E-state index is 12.0. The molecule has 3 rings (SSSR count). The molecule has 0 unspecified atom stereocenters. The van der Waals surface area contributed by atoms with E-state index < -0.39 is 0 Å². The van der Waals surface area contributed by atoms with Crippen molar-refractivity contribution in [3.05, 3.63) is 54.2 Å². The number of aromatic amines is 1. The molecule has 22 heavy (non-hydrogen) atoms. The fraction of sp³-hybridized carbons (Fsp3) is 0.133. The number of carbonyl (C=O) groups excluding carboxylic acids is 2. The summed E-state index contributed by atoms with van der Waals surface area (Å²) in [7, 11) is 0. The molecule has 3 N–H and O–H groups in total. The highest BCUT2D eigenvalue weighted by Gasteiger charge is 2.09. The summed E-state index contributed by atoms with van der Waals surface area (Å²) in [5, 5.41) is 5.22. The van der Waals surface area contributed by atoms with E-state index in [1.165, 1.54) is 6.26 Å². The van der Waals surface area contributed by atoms with Crippen molar-refractivity contribution < 1.29 is 14.0 Å². The van der Waals surface area contributed by atoms with Gasteiger partial charge in [-0.15, -0.1) is 0 Å². The van der Waals surface area contributed by atoms with Crippen molar-refractivity contribution >= 4 is 22.8 Å². The molecule has 2 amide bonds. The molecule has 0 atom stereocenters. The lowest BCUT2D eigenvalue weighted by molar-refractivity contribution is -0.120. The highest BCUT2D eigenvalue weighted by Crippen LogP contribution is 2.11. The Morgan fingerprint density at radius 3 is 2.95 bits per heavy atom. The predicted molar refractivity (Wildman–Crippen MR) is 79.0 cm³/mol. The first-order chi connectivity index (χ1) is 10.7. The van der Waals surface area contributed by atoms with Gasteiger partial charge in [0, 0.05) is 5.56 Å². The topological polar surface area (TPSA) is 100 Å². The number of rotatable bonds is 5. The lowest BCUT2D eigenvalue weighted by Gasteiger charge is -2.06. The lowest BCUT2D eigenvalue weighted by atomic mass is 10.2. The number of fused-ring (bicyclic) bond motifs is 1. The van der Waals surface area contributed by atoms with Crippen LogP contribution in [0.5, 0.6) is 0 Å². The molecule has 0 saturated heterocycles. The molecule has 0 saturated carbocycles. The molecule has 3 aromatic rings. The maximum absolute atomic E-state index is 12.0. The van der Waals surface area contributed by atoms with Crippen LogP contribution < -0.4 is 10.6 Å². The number of H-pyrrole nitrogens is 1. The van der Waals surface area contributed by atoms with Crippen molar-refractivity contribution in [1.29, 1.82) is 0 Å². The minimum atomic E-state index is -0.315. The van der Waals surface area contributed by atoms with E-state index in [0.717, 1.165) is 11.0 Å². The molecule has 112 valence electrons. The number of benzene rings is 1. The number of furan rings is 1. The van der Waals surface area contributed by atoms with Crippen LogP contribution in [0.2, 0.25) is 0 Å². The van der Waals surface area contributed by atoms with Crippen molar-refractivity contribution in [2.24, 2.45) is 0 Å². The Balaban J connectivity index is 1.51. The Bertz CT molecular complexity index is 792. The Morgan fingerprint density at radius 2 is 2.14 bits per heavy atom. The normalized spacial score (nSPS) is 10.5. The van der Waals surface area contributed by atoms with Crippen LogP contribution in [0.3, 0.4) is 0 Å². The van der Waals surface area contributed by atoms with Crippen LogP contribution in [0.15, 0.2) is 47.3 Å². The van der Waals surface area contributed by atoms with E-state index in [2.05, 4.69) is 20.6 Å². The summed E-state index contributed by atoms with van der Waals surface area (Å²) in [6, 6.07) is 8.61. The summed E-state index contributed by atoms with van der Waals surface area (Å²) in [4.78, 5) is 30.7. The Kier molecular flexibility index (Phi) is 3.86. The average molecular weight is 298 g/mol. The fourth-order valence-electron chi connectivity index (χ4n) is 2.00. The van der Waals surface area contributed by atoms with E-state index in [-0.39, 0.29) is 18.4 Å². The number of hydrogen-bond acceptors (Lipinski definition) is 4. The van der Waals surface area contributed by atoms with E-state index in [1.807, 2.05) is 0 Å². The summed E-state index contributed by atoms with van der Waals surface area (Å²) in [6.07, 6.45) is 3.10. The average Bonchev–Trinajstić information content (AvgIpc) is 3.20. The van der Waals surface area contributed by atoms with E-state index >= 15 is 0 Å². The van der Waals surface area contributed by atoms with Gasteiger partial charge >= 0.3 is 0 Å². The Morgan fingerprint density at radius 1 is 1.23 bits per heavy atom. The number of imidazole rings is 1. The molecule has 1 aromatic carbocycles. The Hall–Kier alpha value is -3.09. The van der Waals surface area contributed by atoms with Crippen LogP contribution in [0.4, 0.5) is 0 Å². The van der Waals surface area contributed by atoms with Crippen molar-refractivity contribution in [3.63, 3.8) is 0 Å². The molecular weight excluding hydrogens is 284 g/mol. The van der Waals surface area contributed by atoms with E-state index in [9.17, 15) is 9.59 Å². The quantitative estimate of drug-likeness (QED) is 0.659. The van der Waals surface area contributed by atoms with Gasteiger partial charge in [0.1, 0.15) is 5.76 Å². The zero-order chi connectivity index (χ0) is 15.4. The third-order valence-corrected chi connectivity index (χ3v) is 3.13. The number of aromatic nitrogens is 2. The van der Waals surface area contributed by atoms with Crippen molar-refractivity contribution in [3.8, 4) is 0 Å². The summed E-state index contributed by atoms with van der Waals surface area (Å²) in [5.74, 6) is 0.0568. The van der Waals surface area contributed by atoms with Gasteiger partial charge in [0.05, 0.1) is 36.7 Å². The van der Waals surface area contributed by atoms with E-state index in [0.29, 0.717) is 17.9 Å². The minimum absolute atomic E-state index is 0.0967. The molecule has 0 bridgehead atoms. The zero-order valence-electron chi connectivity index (χ0n) is 11.6. The summed E-state index contributed by atoms with van der Waals surface area (Å²) in [5.41, 5.74) is 2.03. The first-order valence-electron chi connectivity index (χ1n) is 6.73. The summed E-state index contributed by atoms with van der Waals surface area (Å²) in [6.45, 7) is 0.197. The van der Waals surface area contributed by atoms with Crippen molar-refractivity contribution in [2.75, 3.05) is 6.54 Å². The van der Waals surface area contributed by atoms with Gasteiger partial charge in [-0.25, -0.2) is 4.98 Å². The largest absolute Gasteiger partial charge is 0.467 e. The SMILES string of the molecule is O=C(CNC(=O)c1ccc2nc[nH]c2c1)NCc1ccco1. The molecule has 0 aliphatic heterocycles. The molecule has 0 radical (unpaired) electrons. The standard InChI is InChI=1S/C15H14N4O3/c20-14(16-7-11-2-1-5-22-11)8-17-15(21)10-3-4-12-13(6-10)19-9-18-12/h1-6,9H,7-8H2,(H,16,20)(H,17,21)(H,18,19). The lowest BCUT2D eigenvalue weighted by Crippen LogP contribution is -2.36. The zero-order valence-corrected chi connectivity index (χ0v) is 11.6. The second kappa shape index (κ2) is 6.13. The second-order valence-electron chi connectivity index (χ2n) is 4.67. The van der Waals surface area contributed by atoms with E-state index in [1.54, 1.807) is 36.7 Å². The van der Waals surface area contributed by atoms with Crippen molar-refractivity contribution in [1.82, 2.24) is 20.6 Å².